The van der Waals surface area contributed by atoms with E-state index in [0.717, 1.165) is 6.07 Å². The first kappa shape index (κ1) is 21.0. The van der Waals surface area contributed by atoms with Gasteiger partial charge in [0.1, 0.15) is 0 Å². The molecule has 1 aliphatic heterocycles. The molecule has 1 aliphatic rings. The summed E-state index contributed by atoms with van der Waals surface area (Å²) >= 11 is 0. The number of hydrogen-bond donors (Lipinski definition) is 1. The van der Waals surface area contributed by atoms with E-state index in [4.69, 9.17) is 5.73 Å². The van der Waals surface area contributed by atoms with Gasteiger partial charge in [-0.3, -0.25) is 4.79 Å². The molecule has 3 heterocycles. The third kappa shape index (κ3) is 4.46. The Kier molecular flexibility index (Phi) is 5.53. The van der Waals surface area contributed by atoms with Gasteiger partial charge in [0, 0.05) is 49.9 Å². The number of pyridine rings is 2. The molecule has 1 amide bonds. The molecule has 0 atom stereocenters. The summed E-state index contributed by atoms with van der Waals surface area (Å²) in [5, 5.41) is 0.640. The number of amides is 1. The van der Waals surface area contributed by atoms with E-state index in [-0.39, 0.29) is 17.7 Å². The van der Waals surface area contributed by atoms with Crippen LogP contribution in [0.15, 0.2) is 42.6 Å². The van der Waals surface area contributed by atoms with Crippen LogP contribution >= 0.6 is 0 Å². The molecule has 9 heteroatoms. The number of benzene rings is 1. The molecule has 3 aromatic rings. The maximum Gasteiger partial charge on any atom is 0.418 e. The molecule has 4 rings (SSSR count). The van der Waals surface area contributed by atoms with Crippen molar-refractivity contribution in [2.45, 2.75) is 12.6 Å². The fourth-order valence-electron chi connectivity index (χ4n) is 3.83. The highest BCUT2D eigenvalue weighted by Gasteiger charge is 2.35. The highest BCUT2D eigenvalue weighted by atomic mass is 19.4. The summed E-state index contributed by atoms with van der Waals surface area (Å²) in [6.45, 7) is 2.47. The summed E-state index contributed by atoms with van der Waals surface area (Å²) in [6.07, 6.45) is -2.90. The van der Waals surface area contributed by atoms with Crippen molar-refractivity contribution >= 4 is 22.6 Å². The number of fused-ring (bicyclic) bond motifs is 1. The lowest BCUT2D eigenvalue weighted by Gasteiger charge is -2.35. The number of alkyl halides is 3. The van der Waals surface area contributed by atoms with Gasteiger partial charge in [0.25, 0.3) is 5.91 Å². The zero-order valence-electron chi connectivity index (χ0n) is 17.0. The number of hydrogen-bond acceptors (Lipinski definition) is 5. The number of halogens is 3. The number of piperazine rings is 1. The number of primary amides is 1. The van der Waals surface area contributed by atoms with Gasteiger partial charge in [-0.05, 0) is 42.9 Å². The van der Waals surface area contributed by atoms with E-state index in [1.807, 2.05) is 7.05 Å². The number of likely N-dealkylation sites (N-methyl/N-ethyl adjacent to an activating group) is 1. The zero-order valence-corrected chi connectivity index (χ0v) is 17.0. The standard InChI is InChI=1S/C22H22F3N5O/c1-29-7-9-30(10-8-29)19-5-4-14(11-17(19)22(23,24)25)12-18-16(20(26)31)13-15-3-2-6-27-21(15)28-18/h2-6,11,13H,7-10,12H2,1H3,(H2,26,31). The maximum absolute atomic E-state index is 13.9. The summed E-state index contributed by atoms with van der Waals surface area (Å²) in [4.78, 5) is 24.4. The van der Waals surface area contributed by atoms with Crippen LogP contribution in [-0.2, 0) is 12.6 Å². The number of carbonyl (C=O) groups excluding carboxylic acids is 1. The SMILES string of the molecule is CN1CCN(c2ccc(Cc3nc4ncccc4cc3C(N)=O)cc2C(F)(F)F)CC1. The summed E-state index contributed by atoms with van der Waals surface area (Å²) in [5.41, 5.74) is 6.28. The van der Waals surface area contributed by atoms with Crippen LogP contribution in [0.2, 0.25) is 0 Å². The van der Waals surface area contributed by atoms with Gasteiger partial charge in [0.2, 0.25) is 0 Å². The Balaban J connectivity index is 1.72. The Bertz CT molecular complexity index is 1120. The van der Waals surface area contributed by atoms with E-state index >= 15 is 0 Å². The predicted molar refractivity (Wildman–Crippen MR) is 112 cm³/mol. The Labute approximate surface area is 177 Å². The monoisotopic (exact) mass is 429 g/mol. The largest absolute Gasteiger partial charge is 0.418 e. The molecule has 2 aromatic heterocycles. The molecule has 1 fully saturated rings. The summed E-state index contributed by atoms with van der Waals surface area (Å²) in [7, 11) is 1.95. The lowest BCUT2D eigenvalue weighted by molar-refractivity contribution is -0.137. The van der Waals surface area contributed by atoms with Crippen molar-refractivity contribution in [1.82, 2.24) is 14.9 Å². The van der Waals surface area contributed by atoms with E-state index in [1.54, 1.807) is 35.4 Å². The molecule has 2 N–H and O–H groups in total. The van der Waals surface area contributed by atoms with Crippen LogP contribution in [0.1, 0.15) is 27.2 Å². The molecule has 1 aromatic carbocycles. The van der Waals surface area contributed by atoms with Gasteiger partial charge in [0.05, 0.1) is 16.8 Å². The van der Waals surface area contributed by atoms with Gasteiger partial charge >= 0.3 is 6.18 Å². The Hall–Kier alpha value is -3.20. The third-order valence-electron chi connectivity index (χ3n) is 5.52. The molecule has 0 spiro atoms. The second-order valence-corrected chi connectivity index (χ2v) is 7.71. The smallest absolute Gasteiger partial charge is 0.368 e. The first-order chi connectivity index (χ1) is 14.7. The molecule has 0 aliphatic carbocycles. The summed E-state index contributed by atoms with van der Waals surface area (Å²) in [5.74, 6) is -0.682. The van der Waals surface area contributed by atoms with Crippen LogP contribution in [-0.4, -0.2) is 54.0 Å². The minimum absolute atomic E-state index is 0.0386. The summed E-state index contributed by atoms with van der Waals surface area (Å²) in [6, 6.07) is 9.34. The van der Waals surface area contributed by atoms with Crippen LogP contribution in [0, 0.1) is 0 Å². The van der Waals surface area contributed by atoms with E-state index in [2.05, 4.69) is 14.9 Å². The topological polar surface area (TPSA) is 75.3 Å². The molecule has 0 unspecified atom stereocenters. The quantitative estimate of drug-likeness (QED) is 0.690. The van der Waals surface area contributed by atoms with Gasteiger partial charge in [-0.1, -0.05) is 6.07 Å². The second kappa shape index (κ2) is 8.14. The predicted octanol–water partition coefficient (Wildman–Crippen LogP) is 3.09. The number of rotatable bonds is 4. The number of aromatic nitrogens is 2. The van der Waals surface area contributed by atoms with Crippen molar-refractivity contribution in [3.05, 3.63) is 65.0 Å². The van der Waals surface area contributed by atoms with Gasteiger partial charge in [-0.2, -0.15) is 13.2 Å². The first-order valence-electron chi connectivity index (χ1n) is 9.90. The van der Waals surface area contributed by atoms with Crippen LogP contribution in [0.4, 0.5) is 18.9 Å². The van der Waals surface area contributed by atoms with Gasteiger partial charge in [-0.25, -0.2) is 9.97 Å². The van der Waals surface area contributed by atoms with Crippen LogP contribution in [0.3, 0.4) is 0 Å². The summed E-state index contributed by atoms with van der Waals surface area (Å²) < 4.78 is 41.6. The Morgan fingerprint density at radius 2 is 1.87 bits per heavy atom. The fraction of sp³-hybridized carbons (Fsp3) is 0.318. The van der Waals surface area contributed by atoms with Crippen LogP contribution < -0.4 is 10.6 Å². The van der Waals surface area contributed by atoms with E-state index in [9.17, 15) is 18.0 Å². The Morgan fingerprint density at radius 1 is 1.13 bits per heavy atom. The number of nitrogens with two attached hydrogens (primary N) is 1. The highest BCUT2D eigenvalue weighted by molar-refractivity contribution is 5.97. The van der Waals surface area contributed by atoms with Gasteiger partial charge in [-0.15, -0.1) is 0 Å². The minimum atomic E-state index is -4.50. The highest BCUT2D eigenvalue weighted by Crippen LogP contribution is 2.38. The average Bonchev–Trinajstić information content (AvgIpc) is 2.73. The Morgan fingerprint density at radius 3 is 2.55 bits per heavy atom. The van der Waals surface area contributed by atoms with Crippen molar-refractivity contribution in [3.8, 4) is 0 Å². The number of anilines is 1. The van der Waals surface area contributed by atoms with Gasteiger partial charge < -0.3 is 15.5 Å². The van der Waals surface area contributed by atoms with Crippen molar-refractivity contribution in [3.63, 3.8) is 0 Å². The normalized spacial score (nSPS) is 15.4. The van der Waals surface area contributed by atoms with Gasteiger partial charge in [0.15, 0.2) is 5.65 Å². The van der Waals surface area contributed by atoms with Crippen molar-refractivity contribution in [1.29, 1.82) is 0 Å². The molecule has 1 saturated heterocycles. The molecular weight excluding hydrogens is 407 g/mol. The fourth-order valence-corrected chi connectivity index (χ4v) is 3.83. The molecule has 6 nitrogen and oxygen atoms in total. The maximum atomic E-state index is 13.9. The first-order valence-corrected chi connectivity index (χ1v) is 9.90. The minimum Gasteiger partial charge on any atom is -0.368 e. The third-order valence-corrected chi connectivity index (χ3v) is 5.52. The van der Waals surface area contributed by atoms with Crippen molar-refractivity contribution < 1.29 is 18.0 Å². The lowest BCUT2D eigenvalue weighted by atomic mass is 10.00. The molecule has 162 valence electrons. The molecular formula is C22H22F3N5O. The zero-order chi connectivity index (χ0) is 22.2. The van der Waals surface area contributed by atoms with Crippen LogP contribution in [0.5, 0.6) is 0 Å². The molecule has 0 saturated carbocycles. The van der Waals surface area contributed by atoms with E-state index in [0.29, 0.717) is 48.5 Å². The van der Waals surface area contributed by atoms with E-state index in [1.165, 1.54) is 6.07 Å². The van der Waals surface area contributed by atoms with Crippen molar-refractivity contribution in [2.24, 2.45) is 5.73 Å². The van der Waals surface area contributed by atoms with Crippen molar-refractivity contribution in [2.75, 3.05) is 38.1 Å². The van der Waals surface area contributed by atoms with E-state index < -0.39 is 17.6 Å². The lowest BCUT2D eigenvalue weighted by Crippen LogP contribution is -2.45. The second-order valence-electron chi connectivity index (χ2n) is 7.71. The number of nitrogens with zero attached hydrogens (tertiary/aromatic N) is 4. The molecule has 0 bridgehead atoms. The number of carbonyl (C=O) groups is 1. The molecule has 0 radical (unpaired) electrons. The molecule has 31 heavy (non-hydrogen) atoms. The average molecular weight is 429 g/mol. The van der Waals surface area contributed by atoms with Crippen LogP contribution in [0.25, 0.3) is 11.0 Å².